The minimum absolute atomic E-state index is 0. The van der Waals surface area contributed by atoms with Gasteiger partial charge >= 0.3 is 21.1 Å². The van der Waals surface area contributed by atoms with Gasteiger partial charge in [-0.15, -0.1) is 39.6 Å². The Kier molecular flexibility index (Phi) is 122. The van der Waals surface area contributed by atoms with E-state index in [1.807, 2.05) is 41.5 Å². The summed E-state index contributed by atoms with van der Waals surface area (Å²) in [6.45, 7) is 12.6. The summed E-state index contributed by atoms with van der Waals surface area (Å²) in [5.74, 6) is 0. The van der Waals surface area contributed by atoms with Gasteiger partial charge in [0.1, 0.15) is 0 Å². The first-order valence-electron chi connectivity index (χ1n) is 12.0. The predicted octanol–water partition coefficient (Wildman–Crippen LogP) is 0.878. The zero-order valence-electron chi connectivity index (χ0n) is 21.6. The Morgan fingerprint density at radius 2 is 0.387 bits per heavy atom. The molecule has 0 aromatic rings. The van der Waals surface area contributed by atoms with Crippen molar-refractivity contribution < 1.29 is 51.7 Å². The van der Waals surface area contributed by atoms with Crippen molar-refractivity contribution in [2.24, 2.45) is 0 Å². The number of hydrogen-bond acceptors (Lipinski definition) is 6. The van der Waals surface area contributed by atoms with Gasteiger partial charge in [-0.3, -0.25) is 0 Å². The van der Waals surface area contributed by atoms with Gasteiger partial charge in [0.05, 0.1) is 0 Å². The van der Waals surface area contributed by atoms with E-state index in [4.69, 9.17) is 0 Å². The van der Waals surface area contributed by atoms with E-state index in [9.17, 15) is 30.6 Å². The first-order valence-corrected chi connectivity index (χ1v) is 12.0. The molecule has 0 bridgehead atoms. The van der Waals surface area contributed by atoms with E-state index in [1.165, 1.54) is 0 Å². The van der Waals surface area contributed by atoms with E-state index in [1.54, 1.807) is 0 Å². The summed E-state index contributed by atoms with van der Waals surface area (Å²) in [6, 6.07) is 0. The average molecular weight is 623 g/mol. The minimum Gasteiger partial charge on any atom is -0.854 e. The molecule has 0 unspecified atom stereocenters. The van der Waals surface area contributed by atoms with Crippen LogP contribution in [0.25, 0.3) is 0 Å². The van der Waals surface area contributed by atoms with Crippen molar-refractivity contribution >= 4 is 0 Å². The third-order valence-electron chi connectivity index (χ3n) is 2.99. The maximum Gasteiger partial charge on any atom is 6.00 e. The monoisotopic (exact) mass is 622 g/mol. The van der Waals surface area contributed by atoms with Gasteiger partial charge in [-0.25, -0.2) is 0 Å². The second kappa shape index (κ2) is 77.6. The molecule has 0 amide bonds. The van der Waals surface area contributed by atoms with Gasteiger partial charge in [0, 0.05) is 0 Å². The van der Waals surface area contributed by atoms with E-state index in [-0.39, 0.29) is 60.7 Å². The van der Waals surface area contributed by atoms with Crippen LogP contribution >= 0.6 is 0 Å². The zero-order valence-corrected chi connectivity index (χ0v) is 24.5. The molecule has 31 heavy (non-hydrogen) atoms. The van der Waals surface area contributed by atoms with Crippen LogP contribution in [0.1, 0.15) is 119 Å². The van der Waals surface area contributed by atoms with Crippen molar-refractivity contribution in [3.63, 3.8) is 0 Å². The van der Waals surface area contributed by atoms with Crippen LogP contribution in [0.2, 0.25) is 0 Å². The van der Waals surface area contributed by atoms with E-state index < -0.39 is 0 Å². The Morgan fingerprint density at radius 1 is 0.290 bits per heavy atom. The normalized spacial score (nSPS) is 8.13. The van der Waals surface area contributed by atoms with E-state index in [2.05, 4.69) is 0 Å². The van der Waals surface area contributed by atoms with Gasteiger partial charge in [0.25, 0.3) is 0 Å². The molecule has 0 radical (unpaired) electrons. The molecule has 0 atom stereocenters. The zero-order chi connectivity index (χ0) is 24.7. The molecule has 0 aromatic carbocycles. The fourth-order valence-corrected chi connectivity index (χ4v) is 0.866. The third kappa shape index (κ3) is 159. The smallest absolute Gasteiger partial charge is 0.854 e. The molecular formula is C24H54O6W. The summed E-state index contributed by atoms with van der Waals surface area (Å²) in [5.41, 5.74) is 0. The van der Waals surface area contributed by atoms with Gasteiger partial charge in [-0.2, -0.15) is 0 Å². The third-order valence-corrected chi connectivity index (χ3v) is 2.99. The summed E-state index contributed by atoms with van der Waals surface area (Å²) < 4.78 is 0. The summed E-state index contributed by atoms with van der Waals surface area (Å²) in [7, 11) is 0. The molecule has 6 nitrogen and oxygen atoms in total. The molecule has 0 saturated heterocycles. The summed E-state index contributed by atoms with van der Waals surface area (Å²) >= 11 is 0. The van der Waals surface area contributed by atoms with Crippen LogP contribution in [-0.4, -0.2) is 39.6 Å². The summed E-state index contributed by atoms with van der Waals surface area (Å²) in [4.78, 5) is 0. The number of rotatable bonds is 12. The van der Waals surface area contributed by atoms with Crippen LogP contribution in [0.4, 0.5) is 0 Å². The maximum absolute atomic E-state index is 9.53. The topological polar surface area (TPSA) is 138 Å². The predicted molar refractivity (Wildman–Crippen MR) is 119 cm³/mol. The SMILES string of the molecule is CCCC[O-].CCCC[O-].CCCC[O-].CCCC[O-].CCCC[O-].CCCC[O-].[W+6]. The average Bonchev–Trinajstić information content (AvgIpc) is 2.74. The van der Waals surface area contributed by atoms with Crippen LogP contribution in [0.15, 0.2) is 0 Å². The fraction of sp³-hybridized carbons (Fsp3) is 1.00. The van der Waals surface area contributed by atoms with E-state index in [0.29, 0.717) is 0 Å². The number of hydrogen-bond donors (Lipinski definition) is 0. The van der Waals surface area contributed by atoms with Crippen molar-refractivity contribution in [3.05, 3.63) is 0 Å². The van der Waals surface area contributed by atoms with Crippen LogP contribution in [0, 0.1) is 0 Å². The van der Waals surface area contributed by atoms with Crippen LogP contribution < -0.4 is 30.6 Å². The maximum atomic E-state index is 9.53. The van der Waals surface area contributed by atoms with Gasteiger partial charge < -0.3 is 30.6 Å². The second-order valence-electron chi connectivity index (χ2n) is 6.35. The van der Waals surface area contributed by atoms with Crippen molar-refractivity contribution in [1.29, 1.82) is 0 Å². The van der Waals surface area contributed by atoms with Crippen molar-refractivity contribution in [2.45, 2.75) is 119 Å². The number of unbranched alkanes of at least 4 members (excludes halogenated alkanes) is 6. The minimum atomic E-state index is 0. The quantitative estimate of drug-likeness (QED) is 0.317. The fourth-order valence-electron chi connectivity index (χ4n) is 0.866. The molecule has 0 rings (SSSR count). The van der Waals surface area contributed by atoms with Crippen molar-refractivity contribution in [1.82, 2.24) is 0 Å². The Hall–Kier alpha value is 0.448. The van der Waals surface area contributed by atoms with Crippen LogP contribution in [0.3, 0.4) is 0 Å². The summed E-state index contributed by atoms with van der Waals surface area (Å²) in [5, 5.41) is 57.2. The Labute approximate surface area is 209 Å². The van der Waals surface area contributed by atoms with Crippen LogP contribution in [0.5, 0.6) is 0 Å². The van der Waals surface area contributed by atoms with E-state index >= 15 is 0 Å². The van der Waals surface area contributed by atoms with E-state index in [0.717, 1.165) is 77.0 Å². The first-order chi connectivity index (χ1) is 14.5. The molecule has 0 saturated carbocycles. The summed E-state index contributed by atoms with van der Waals surface area (Å²) in [6.07, 6.45) is 11.2. The standard InChI is InChI=1S/6C4H9O.W/c6*1-2-3-4-5;/h6*2-4H2,1H3;/q6*-1;+6. The molecule has 0 aliphatic heterocycles. The Morgan fingerprint density at radius 3 is 0.387 bits per heavy atom. The molecule has 0 aromatic heterocycles. The van der Waals surface area contributed by atoms with Gasteiger partial charge in [-0.1, -0.05) is 119 Å². The Balaban J connectivity index is -0.0000000443. The molecule has 7 heteroatoms. The largest absolute Gasteiger partial charge is 6.00 e. The van der Waals surface area contributed by atoms with Gasteiger partial charge in [0.15, 0.2) is 0 Å². The molecule has 0 aliphatic rings. The first kappa shape index (κ1) is 48.8. The molecule has 192 valence electrons. The molecule has 0 aliphatic carbocycles. The molecule has 0 spiro atoms. The molecular weight excluding hydrogens is 568 g/mol. The molecule has 0 fully saturated rings. The second-order valence-corrected chi connectivity index (χ2v) is 6.35. The van der Waals surface area contributed by atoms with Gasteiger partial charge in [0.2, 0.25) is 0 Å². The van der Waals surface area contributed by atoms with Crippen molar-refractivity contribution in [2.75, 3.05) is 39.6 Å². The Bertz CT molecular complexity index is 120. The van der Waals surface area contributed by atoms with Crippen LogP contribution in [-0.2, 0) is 21.1 Å². The van der Waals surface area contributed by atoms with Gasteiger partial charge in [-0.05, 0) is 0 Å². The molecule has 0 heterocycles. The van der Waals surface area contributed by atoms with Crippen molar-refractivity contribution in [3.8, 4) is 0 Å². The molecule has 0 N–H and O–H groups in total.